The number of aryl methyl sites for hydroxylation is 1. The molecular formula is C26H28N6O2. The van der Waals surface area contributed by atoms with E-state index in [-0.39, 0.29) is 12.1 Å². The van der Waals surface area contributed by atoms with Crippen LogP contribution in [0.25, 0.3) is 22.4 Å². The Hall–Kier alpha value is -3.52. The SMILES string of the molecule is COc1ccccc1C1CCCc2nc3ccc(-c4cnc(N5CCC(O)CC5)nc4)nc3n21. The van der Waals surface area contributed by atoms with Crippen molar-refractivity contribution in [2.24, 2.45) is 0 Å². The van der Waals surface area contributed by atoms with E-state index in [4.69, 9.17) is 14.7 Å². The predicted molar refractivity (Wildman–Crippen MR) is 130 cm³/mol. The van der Waals surface area contributed by atoms with E-state index in [1.54, 1.807) is 7.11 Å². The van der Waals surface area contributed by atoms with Gasteiger partial charge >= 0.3 is 0 Å². The van der Waals surface area contributed by atoms with Crippen LogP contribution in [-0.2, 0) is 6.42 Å². The number of imidazole rings is 1. The molecular weight excluding hydrogens is 428 g/mol. The van der Waals surface area contributed by atoms with Crippen LogP contribution >= 0.6 is 0 Å². The van der Waals surface area contributed by atoms with Gasteiger partial charge in [0, 0.05) is 43.0 Å². The van der Waals surface area contributed by atoms with Crippen LogP contribution in [0.2, 0.25) is 0 Å². The van der Waals surface area contributed by atoms with Crippen molar-refractivity contribution in [1.29, 1.82) is 0 Å². The molecule has 1 atom stereocenters. The lowest BCUT2D eigenvalue weighted by atomic mass is 9.96. The molecule has 5 heterocycles. The largest absolute Gasteiger partial charge is 0.496 e. The van der Waals surface area contributed by atoms with Crippen LogP contribution in [0.1, 0.15) is 43.1 Å². The first kappa shape index (κ1) is 21.0. The summed E-state index contributed by atoms with van der Waals surface area (Å²) in [6.45, 7) is 1.55. The molecule has 0 amide bonds. The van der Waals surface area contributed by atoms with E-state index in [2.05, 4.69) is 31.6 Å². The van der Waals surface area contributed by atoms with Crippen molar-refractivity contribution in [3.05, 3.63) is 60.2 Å². The Bertz CT molecular complexity index is 1310. The number of rotatable bonds is 4. The highest BCUT2D eigenvalue weighted by molar-refractivity contribution is 5.76. The van der Waals surface area contributed by atoms with Gasteiger partial charge in [-0.15, -0.1) is 0 Å². The van der Waals surface area contributed by atoms with E-state index in [1.807, 2.05) is 36.7 Å². The number of benzene rings is 1. The number of methoxy groups -OCH3 is 1. The summed E-state index contributed by atoms with van der Waals surface area (Å²) in [4.78, 5) is 21.3. The van der Waals surface area contributed by atoms with Crippen LogP contribution in [0.15, 0.2) is 48.8 Å². The van der Waals surface area contributed by atoms with Crippen LogP contribution in [-0.4, -0.2) is 55.9 Å². The molecule has 0 aliphatic carbocycles. The number of aliphatic hydroxyl groups excluding tert-OH is 1. The van der Waals surface area contributed by atoms with Crippen molar-refractivity contribution >= 4 is 17.1 Å². The highest BCUT2D eigenvalue weighted by Crippen LogP contribution is 2.38. The number of pyridine rings is 1. The van der Waals surface area contributed by atoms with Gasteiger partial charge < -0.3 is 19.3 Å². The topological polar surface area (TPSA) is 89.2 Å². The summed E-state index contributed by atoms with van der Waals surface area (Å²) in [6, 6.07) is 12.4. The molecule has 2 aliphatic heterocycles. The van der Waals surface area contributed by atoms with Crippen molar-refractivity contribution in [1.82, 2.24) is 24.5 Å². The van der Waals surface area contributed by atoms with Gasteiger partial charge in [0.05, 0.1) is 24.9 Å². The Morgan fingerprint density at radius 2 is 1.76 bits per heavy atom. The Morgan fingerprint density at radius 3 is 2.56 bits per heavy atom. The van der Waals surface area contributed by atoms with Gasteiger partial charge in [-0.25, -0.2) is 19.9 Å². The number of nitrogens with zero attached hydrogens (tertiary/aromatic N) is 6. The summed E-state index contributed by atoms with van der Waals surface area (Å²) in [7, 11) is 1.72. The number of hydrogen-bond acceptors (Lipinski definition) is 7. The van der Waals surface area contributed by atoms with E-state index in [0.717, 1.165) is 84.8 Å². The average molecular weight is 457 g/mol. The zero-order valence-electron chi connectivity index (χ0n) is 19.3. The fraction of sp³-hybridized carbons (Fsp3) is 0.385. The van der Waals surface area contributed by atoms with Crippen molar-refractivity contribution < 1.29 is 9.84 Å². The van der Waals surface area contributed by atoms with Gasteiger partial charge in [-0.05, 0) is 43.9 Å². The van der Waals surface area contributed by atoms with Gasteiger partial charge in [0.2, 0.25) is 5.95 Å². The molecule has 3 aromatic heterocycles. The van der Waals surface area contributed by atoms with Gasteiger partial charge in [0.25, 0.3) is 0 Å². The molecule has 1 unspecified atom stereocenters. The third kappa shape index (κ3) is 3.68. The highest BCUT2D eigenvalue weighted by atomic mass is 16.5. The summed E-state index contributed by atoms with van der Waals surface area (Å²) in [5.41, 5.74) is 4.67. The first-order valence-electron chi connectivity index (χ1n) is 12.0. The zero-order chi connectivity index (χ0) is 23.1. The smallest absolute Gasteiger partial charge is 0.225 e. The zero-order valence-corrected chi connectivity index (χ0v) is 19.3. The lowest BCUT2D eigenvalue weighted by Crippen LogP contribution is -2.36. The molecule has 8 heteroatoms. The number of para-hydroxylation sites is 1. The minimum atomic E-state index is -0.215. The van der Waals surface area contributed by atoms with Crippen molar-refractivity contribution in [3.8, 4) is 17.0 Å². The van der Waals surface area contributed by atoms with Gasteiger partial charge in [-0.1, -0.05) is 18.2 Å². The number of piperidine rings is 1. The second-order valence-corrected chi connectivity index (χ2v) is 9.08. The molecule has 0 bridgehead atoms. The van der Waals surface area contributed by atoms with Crippen LogP contribution in [0.5, 0.6) is 5.75 Å². The monoisotopic (exact) mass is 456 g/mol. The summed E-state index contributed by atoms with van der Waals surface area (Å²) < 4.78 is 7.96. The van der Waals surface area contributed by atoms with Crippen molar-refractivity contribution in [3.63, 3.8) is 0 Å². The van der Waals surface area contributed by atoms with E-state index < -0.39 is 0 Å². The maximum Gasteiger partial charge on any atom is 0.225 e. The average Bonchev–Trinajstić information content (AvgIpc) is 3.27. The van der Waals surface area contributed by atoms with Gasteiger partial charge in [-0.2, -0.15) is 0 Å². The number of ether oxygens (including phenoxy) is 1. The van der Waals surface area contributed by atoms with Crippen LogP contribution < -0.4 is 9.64 Å². The van der Waals surface area contributed by atoms with Crippen molar-refractivity contribution in [2.75, 3.05) is 25.1 Å². The summed E-state index contributed by atoms with van der Waals surface area (Å²) in [5, 5.41) is 9.75. The molecule has 1 N–H and O–H groups in total. The van der Waals surface area contributed by atoms with E-state index in [0.29, 0.717) is 5.95 Å². The standard InChI is InChI=1S/C26H28N6O2/c1-34-23-7-3-2-5-19(23)22-6-4-8-24-29-21-10-9-20(30-25(21)32(22)24)17-15-27-26(28-16-17)31-13-11-18(33)12-14-31/h2-3,5,7,9-10,15-16,18,22,33H,4,6,8,11-14H2,1H3. The van der Waals surface area contributed by atoms with Crippen LogP contribution in [0.4, 0.5) is 5.95 Å². The Kier molecular flexibility index (Phi) is 5.37. The normalized spacial score (nSPS) is 18.8. The maximum absolute atomic E-state index is 9.75. The number of hydrogen-bond donors (Lipinski definition) is 1. The molecule has 174 valence electrons. The van der Waals surface area contributed by atoms with E-state index in [1.165, 1.54) is 0 Å². The molecule has 8 nitrogen and oxygen atoms in total. The number of anilines is 1. The second-order valence-electron chi connectivity index (χ2n) is 9.08. The molecule has 0 spiro atoms. The number of aliphatic hydroxyl groups is 1. The fourth-order valence-electron chi connectivity index (χ4n) is 5.19. The third-order valence-corrected chi connectivity index (χ3v) is 6.98. The molecule has 1 fully saturated rings. The Balaban J connectivity index is 1.36. The molecule has 1 aromatic carbocycles. The highest BCUT2D eigenvalue weighted by Gasteiger charge is 2.28. The molecule has 0 saturated carbocycles. The van der Waals surface area contributed by atoms with Crippen molar-refractivity contribution in [2.45, 2.75) is 44.2 Å². The lowest BCUT2D eigenvalue weighted by molar-refractivity contribution is 0.145. The summed E-state index contributed by atoms with van der Waals surface area (Å²) in [5.74, 6) is 2.67. The van der Waals surface area contributed by atoms with E-state index >= 15 is 0 Å². The quantitative estimate of drug-likeness (QED) is 0.500. The molecule has 0 radical (unpaired) electrons. The minimum Gasteiger partial charge on any atom is -0.496 e. The van der Waals surface area contributed by atoms with Crippen LogP contribution in [0, 0.1) is 0 Å². The van der Waals surface area contributed by atoms with Gasteiger partial charge in [0.1, 0.15) is 17.1 Å². The molecule has 6 rings (SSSR count). The van der Waals surface area contributed by atoms with E-state index in [9.17, 15) is 5.11 Å². The molecule has 2 aliphatic rings. The first-order valence-corrected chi connectivity index (χ1v) is 12.0. The number of fused-ring (bicyclic) bond motifs is 3. The molecule has 34 heavy (non-hydrogen) atoms. The minimum absolute atomic E-state index is 0.140. The lowest BCUT2D eigenvalue weighted by Gasteiger charge is -2.29. The summed E-state index contributed by atoms with van der Waals surface area (Å²) >= 11 is 0. The number of aromatic nitrogens is 5. The molecule has 1 saturated heterocycles. The molecule has 4 aromatic rings. The Morgan fingerprint density at radius 1 is 0.971 bits per heavy atom. The van der Waals surface area contributed by atoms with Crippen LogP contribution in [0.3, 0.4) is 0 Å². The first-order chi connectivity index (χ1) is 16.7. The predicted octanol–water partition coefficient (Wildman–Crippen LogP) is 3.78. The third-order valence-electron chi connectivity index (χ3n) is 6.98. The fourth-order valence-corrected chi connectivity index (χ4v) is 5.19. The Labute approximate surface area is 198 Å². The van der Waals surface area contributed by atoms with Gasteiger partial charge in [-0.3, -0.25) is 0 Å². The second kappa shape index (κ2) is 8.68. The van der Waals surface area contributed by atoms with Gasteiger partial charge in [0.15, 0.2) is 5.65 Å². The summed E-state index contributed by atoms with van der Waals surface area (Å²) in [6.07, 6.45) is 8.02. The maximum atomic E-state index is 9.75.